The molecule has 0 radical (unpaired) electrons. The van der Waals surface area contributed by atoms with Gasteiger partial charge in [0.15, 0.2) is 0 Å². The normalized spacial score (nSPS) is 11.0. The fraction of sp³-hybridized carbons (Fsp3) is 0.350. The molecule has 134 valence electrons. The zero-order valence-electron chi connectivity index (χ0n) is 15.0. The Morgan fingerprint density at radius 1 is 1.20 bits per heavy atom. The van der Waals surface area contributed by atoms with Crippen molar-refractivity contribution < 1.29 is 9.13 Å². The van der Waals surface area contributed by atoms with Crippen LogP contribution in [0.3, 0.4) is 0 Å². The molecule has 0 saturated heterocycles. The summed E-state index contributed by atoms with van der Waals surface area (Å²) in [5, 5.41) is 1.16. The first kappa shape index (κ1) is 19.3. The van der Waals surface area contributed by atoms with E-state index in [9.17, 15) is 4.39 Å². The lowest BCUT2D eigenvalue weighted by molar-refractivity contribution is 0.295. The van der Waals surface area contributed by atoms with Crippen LogP contribution in [0, 0.1) is 25.6 Å². The summed E-state index contributed by atoms with van der Waals surface area (Å²) < 4.78 is 21.6. The van der Waals surface area contributed by atoms with Crippen molar-refractivity contribution >= 4 is 23.3 Å². The second kappa shape index (κ2) is 7.87. The molecule has 1 aromatic carbocycles. The van der Waals surface area contributed by atoms with Gasteiger partial charge in [0.2, 0.25) is 5.88 Å². The number of hydrogen-bond acceptors (Lipinski definition) is 2. The zero-order valence-corrected chi connectivity index (χ0v) is 15.9. The highest BCUT2D eigenvalue weighted by Crippen LogP contribution is 2.31. The third kappa shape index (κ3) is 3.96. The smallest absolute Gasteiger partial charge is 0.238 e. The average molecular weight is 363 g/mol. The van der Waals surface area contributed by atoms with E-state index < -0.39 is 0 Å². The van der Waals surface area contributed by atoms with Crippen LogP contribution in [0.15, 0.2) is 36.5 Å². The lowest BCUT2D eigenvalue weighted by Crippen LogP contribution is -2.08. The molecule has 3 aromatic rings. The highest BCUT2D eigenvalue weighted by Gasteiger charge is 2.17. The van der Waals surface area contributed by atoms with Crippen LogP contribution in [0.5, 0.6) is 5.88 Å². The minimum absolute atomic E-state index is 0. The number of ether oxygens (including phenoxy) is 1. The molecule has 3 nitrogen and oxygen atoms in total. The predicted octanol–water partition coefficient (Wildman–Crippen LogP) is 5.45. The maximum atomic E-state index is 13.3. The monoisotopic (exact) mass is 362 g/mol. The maximum absolute atomic E-state index is 13.3. The van der Waals surface area contributed by atoms with Crippen LogP contribution >= 0.6 is 12.4 Å². The van der Waals surface area contributed by atoms with Crippen molar-refractivity contribution in [2.45, 2.75) is 40.8 Å². The number of aryl methyl sites for hydroxylation is 1. The van der Waals surface area contributed by atoms with Gasteiger partial charge in [-0.25, -0.2) is 9.37 Å². The molecule has 0 aliphatic heterocycles. The van der Waals surface area contributed by atoms with E-state index in [2.05, 4.69) is 37.2 Å². The van der Waals surface area contributed by atoms with Gasteiger partial charge in [-0.2, -0.15) is 0 Å². The number of pyridine rings is 1. The van der Waals surface area contributed by atoms with Crippen LogP contribution in [0.2, 0.25) is 0 Å². The fourth-order valence-corrected chi connectivity index (χ4v) is 3.04. The second-order valence-corrected chi connectivity index (χ2v) is 6.65. The molecule has 0 amide bonds. The molecule has 0 aliphatic carbocycles. The number of halogens is 2. The van der Waals surface area contributed by atoms with E-state index >= 15 is 0 Å². The van der Waals surface area contributed by atoms with Gasteiger partial charge in [-0.15, -0.1) is 12.4 Å². The Morgan fingerprint density at radius 2 is 1.96 bits per heavy atom. The van der Waals surface area contributed by atoms with Crippen molar-refractivity contribution in [3.8, 4) is 5.88 Å². The summed E-state index contributed by atoms with van der Waals surface area (Å²) in [5.74, 6) is 0.876. The molecular formula is C20H24ClFN2O. The number of rotatable bonds is 5. The summed E-state index contributed by atoms with van der Waals surface area (Å²) in [7, 11) is 0. The molecular weight excluding hydrogens is 339 g/mol. The van der Waals surface area contributed by atoms with Gasteiger partial charge in [-0.05, 0) is 49.1 Å². The van der Waals surface area contributed by atoms with Gasteiger partial charge in [0, 0.05) is 23.8 Å². The Labute approximate surface area is 154 Å². The highest BCUT2D eigenvalue weighted by molar-refractivity contribution is 5.88. The number of aromatic nitrogens is 2. The Hall–Kier alpha value is -2.07. The summed E-state index contributed by atoms with van der Waals surface area (Å²) in [6.07, 6.45) is 1.77. The predicted molar refractivity (Wildman–Crippen MR) is 102 cm³/mol. The first-order valence-electron chi connectivity index (χ1n) is 8.29. The van der Waals surface area contributed by atoms with Crippen molar-refractivity contribution in [3.63, 3.8) is 0 Å². The summed E-state index contributed by atoms with van der Waals surface area (Å²) in [4.78, 5) is 4.43. The molecule has 0 aliphatic rings. The van der Waals surface area contributed by atoms with Crippen LogP contribution in [0.4, 0.5) is 4.39 Å². The average Bonchev–Trinajstić information content (AvgIpc) is 2.78. The topological polar surface area (TPSA) is 27.1 Å². The Kier molecular flexibility index (Phi) is 6.07. The van der Waals surface area contributed by atoms with E-state index in [0.717, 1.165) is 23.0 Å². The second-order valence-electron chi connectivity index (χ2n) is 6.65. The van der Waals surface area contributed by atoms with Gasteiger partial charge >= 0.3 is 0 Å². The first-order chi connectivity index (χ1) is 11.5. The number of benzene rings is 1. The van der Waals surface area contributed by atoms with Gasteiger partial charge in [-0.3, -0.25) is 0 Å². The minimum Gasteiger partial charge on any atom is -0.471 e. The van der Waals surface area contributed by atoms with E-state index in [1.807, 2.05) is 12.1 Å². The van der Waals surface area contributed by atoms with Gasteiger partial charge in [0.25, 0.3) is 0 Å². The van der Waals surface area contributed by atoms with Gasteiger partial charge in [0.05, 0.1) is 0 Å². The number of hydrogen-bond donors (Lipinski definition) is 0. The summed E-state index contributed by atoms with van der Waals surface area (Å²) in [5.41, 5.74) is 4.31. The molecule has 3 rings (SSSR count). The van der Waals surface area contributed by atoms with Gasteiger partial charge in [0.1, 0.15) is 17.9 Å². The standard InChI is InChI=1S/C20H23FN2O.ClH/c1-13(2)11-23-15(4)14(3)18-8-9-22-20(19(18)23)24-12-16-6-5-7-17(21)10-16;/h5-10,13H,11-12H2,1-4H3;1H. The maximum Gasteiger partial charge on any atom is 0.238 e. The van der Waals surface area contributed by atoms with Crippen LogP contribution in [0.1, 0.15) is 30.7 Å². The van der Waals surface area contributed by atoms with Crippen molar-refractivity contribution in [2.24, 2.45) is 5.92 Å². The summed E-state index contributed by atoms with van der Waals surface area (Å²) in [6, 6.07) is 8.50. The van der Waals surface area contributed by atoms with E-state index in [1.54, 1.807) is 12.3 Å². The Bertz CT molecular complexity index is 874. The Morgan fingerprint density at radius 3 is 2.64 bits per heavy atom. The molecule has 2 heterocycles. The van der Waals surface area contributed by atoms with Crippen LogP contribution in [-0.2, 0) is 13.2 Å². The SMILES string of the molecule is Cc1c(C)n(CC(C)C)c2c(OCc3cccc(F)c3)nccc12.Cl. The molecule has 25 heavy (non-hydrogen) atoms. The molecule has 5 heteroatoms. The molecule has 0 spiro atoms. The van der Waals surface area contributed by atoms with Crippen LogP contribution in [-0.4, -0.2) is 9.55 Å². The lowest BCUT2D eigenvalue weighted by atomic mass is 10.2. The molecule has 0 unspecified atom stereocenters. The summed E-state index contributed by atoms with van der Waals surface area (Å²) in [6.45, 7) is 9.88. The molecule has 0 saturated carbocycles. The molecule has 2 aromatic heterocycles. The van der Waals surface area contributed by atoms with Crippen molar-refractivity contribution in [1.82, 2.24) is 9.55 Å². The fourth-order valence-electron chi connectivity index (χ4n) is 3.04. The van der Waals surface area contributed by atoms with Gasteiger partial charge in [-0.1, -0.05) is 26.0 Å². The minimum atomic E-state index is -0.253. The zero-order chi connectivity index (χ0) is 17.3. The molecule has 0 bridgehead atoms. The van der Waals surface area contributed by atoms with Crippen LogP contribution in [0.25, 0.3) is 10.9 Å². The van der Waals surface area contributed by atoms with Gasteiger partial charge < -0.3 is 9.30 Å². The van der Waals surface area contributed by atoms with Crippen molar-refractivity contribution in [2.75, 3.05) is 0 Å². The summed E-state index contributed by atoms with van der Waals surface area (Å²) >= 11 is 0. The van der Waals surface area contributed by atoms with E-state index in [-0.39, 0.29) is 18.2 Å². The lowest BCUT2D eigenvalue weighted by Gasteiger charge is -2.14. The van der Waals surface area contributed by atoms with Crippen LogP contribution < -0.4 is 4.74 Å². The quantitative estimate of drug-likeness (QED) is 0.603. The van der Waals surface area contributed by atoms with Crippen molar-refractivity contribution in [3.05, 3.63) is 59.2 Å². The Balaban J connectivity index is 0.00000225. The van der Waals surface area contributed by atoms with E-state index in [0.29, 0.717) is 18.4 Å². The van der Waals surface area contributed by atoms with E-state index in [4.69, 9.17) is 4.74 Å². The number of fused-ring (bicyclic) bond motifs is 1. The number of nitrogens with zero attached hydrogens (tertiary/aromatic N) is 2. The largest absolute Gasteiger partial charge is 0.471 e. The molecule has 0 N–H and O–H groups in total. The molecule has 0 fully saturated rings. The molecule has 0 atom stereocenters. The van der Waals surface area contributed by atoms with Crippen molar-refractivity contribution in [1.29, 1.82) is 0 Å². The third-order valence-electron chi connectivity index (χ3n) is 4.32. The third-order valence-corrected chi connectivity index (χ3v) is 4.32. The first-order valence-corrected chi connectivity index (χ1v) is 8.29. The highest BCUT2D eigenvalue weighted by atomic mass is 35.5. The van der Waals surface area contributed by atoms with E-state index in [1.165, 1.54) is 23.4 Å².